The maximum Gasteiger partial charge on any atom is 0.244 e. The van der Waals surface area contributed by atoms with Crippen LogP contribution in [0.4, 0.5) is 0 Å². The van der Waals surface area contributed by atoms with Gasteiger partial charge < -0.3 is 5.21 Å². The average molecular weight is 283 g/mol. The van der Waals surface area contributed by atoms with Crippen molar-refractivity contribution in [3.8, 4) is 0 Å². The number of hydrazone groups is 1. The summed E-state index contributed by atoms with van der Waals surface area (Å²) < 4.78 is 0. The number of benzene rings is 2. The number of carbonyl (C=O) groups excluding carboxylic acids is 1. The molecular formula is C16H17N3O2. The molecule has 0 heterocycles. The molecule has 0 bridgehead atoms. The molecule has 2 aromatic rings. The Bertz CT molecular complexity index is 715. The van der Waals surface area contributed by atoms with Crippen molar-refractivity contribution in [3.63, 3.8) is 0 Å². The second-order valence-corrected chi connectivity index (χ2v) is 4.73. The van der Waals surface area contributed by atoms with Gasteiger partial charge in [0.15, 0.2) is 0 Å². The fourth-order valence-electron chi connectivity index (χ4n) is 1.96. The van der Waals surface area contributed by atoms with Gasteiger partial charge in [0.1, 0.15) is 0 Å². The van der Waals surface area contributed by atoms with Crippen LogP contribution in [-0.2, 0) is 11.2 Å². The molecule has 1 amide bonds. The molecule has 2 N–H and O–H groups in total. The first-order valence-corrected chi connectivity index (χ1v) is 6.60. The van der Waals surface area contributed by atoms with Crippen molar-refractivity contribution >= 4 is 28.1 Å². The highest BCUT2D eigenvalue weighted by molar-refractivity contribution is 6.40. The van der Waals surface area contributed by atoms with E-state index >= 15 is 0 Å². The standard InChI is InChI=1S/C16H17N3O2/c1-11(12(2)19-21)17-18-16(20)10-14-8-5-7-13-6-3-4-9-15(13)14/h3-9,21H,10H2,1-2H3,(H,18,20). The fourth-order valence-corrected chi connectivity index (χ4v) is 1.96. The molecule has 0 aliphatic rings. The van der Waals surface area contributed by atoms with Crippen LogP contribution in [0.2, 0.25) is 0 Å². The van der Waals surface area contributed by atoms with E-state index in [1.807, 2.05) is 42.5 Å². The van der Waals surface area contributed by atoms with Crippen molar-refractivity contribution < 1.29 is 10.0 Å². The van der Waals surface area contributed by atoms with Gasteiger partial charge in [0.2, 0.25) is 5.91 Å². The average Bonchev–Trinajstić information content (AvgIpc) is 2.52. The molecular weight excluding hydrogens is 266 g/mol. The number of carbonyl (C=O) groups is 1. The highest BCUT2D eigenvalue weighted by Gasteiger charge is 2.06. The van der Waals surface area contributed by atoms with Crippen LogP contribution in [0.25, 0.3) is 10.8 Å². The van der Waals surface area contributed by atoms with Crippen molar-refractivity contribution in [1.29, 1.82) is 0 Å². The summed E-state index contributed by atoms with van der Waals surface area (Å²) in [5.41, 5.74) is 4.24. The Labute approximate surface area is 123 Å². The lowest BCUT2D eigenvalue weighted by atomic mass is 10.0. The smallest absolute Gasteiger partial charge is 0.244 e. The molecule has 0 aliphatic heterocycles. The molecule has 5 nitrogen and oxygen atoms in total. The van der Waals surface area contributed by atoms with Crippen molar-refractivity contribution in [1.82, 2.24) is 5.43 Å². The summed E-state index contributed by atoms with van der Waals surface area (Å²) >= 11 is 0. The third-order valence-corrected chi connectivity index (χ3v) is 3.25. The van der Waals surface area contributed by atoms with Crippen LogP contribution in [0, 0.1) is 0 Å². The number of nitrogens with one attached hydrogen (secondary N) is 1. The molecule has 2 aromatic carbocycles. The summed E-state index contributed by atoms with van der Waals surface area (Å²) in [5.74, 6) is -0.212. The van der Waals surface area contributed by atoms with E-state index in [2.05, 4.69) is 15.7 Å². The zero-order valence-corrected chi connectivity index (χ0v) is 12.0. The van der Waals surface area contributed by atoms with Gasteiger partial charge in [-0.2, -0.15) is 5.10 Å². The Balaban J connectivity index is 2.12. The molecule has 5 heteroatoms. The molecule has 0 saturated carbocycles. The molecule has 0 radical (unpaired) electrons. The molecule has 0 atom stereocenters. The fraction of sp³-hybridized carbons (Fsp3) is 0.188. The lowest BCUT2D eigenvalue weighted by Crippen LogP contribution is -2.22. The van der Waals surface area contributed by atoms with Gasteiger partial charge in [-0.3, -0.25) is 4.79 Å². The third-order valence-electron chi connectivity index (χ3n) is 3.25. The Morgan fingerprint density at radius 2 is 1.81 bits per heavy atom. The Kier molecular flexibility index (Phi) is 4.66. The lowest BCUT2D eigenvalue weighted by molar-refractivity contribution is -0.120. The van der Waals surface area contributed by atoms with E-state index in [4.69, 9.17) is 5.21 Å². The van der Waals surface area contributed by atoms with Gasteiger partial charge in [0.25, 0.3) is 0 Å². The zero-order valence-electron chi connectivity index (χ0n) is 12.0. The summed E-state index contributed by atoms with van der Waals surface area (Å²) in [6.07, 6.45) is 0.244. The number of rotatable bonds is 4. The van der Waals surface area contributed by atoms with Gasteiger partial charge in [-0.25, -0.2) is 5.43 Å². The maximum absolute atomic E-state index is 12.0. The number of hydrogen-bond donors (Lipinski definition) is 2. The molecule has 21 heavy (non-hydrogen) atoms. The first kappa shape index (κ1) is 14.7. The highest BCUT2D eigenvalue weighted by Crippen LogP contribution is 2.18. The molecule has 108 valence electrons. The Hall–Kier alpha value is -2.69. The Morgan fingerprint density at radius 1 is 1.10 bits per heavy atom. The quantitative estimate of drug-likeness (QED) is 0.514. The lowest BCUT2D eigenvalue weighted by Gasteiger charge is -2.06. The van der Waals surface area contributed by atoms with Crippen molar-refractivity contribution in [2.45, 2.75) is 20.3 Å². The SMILES string of the molecule is CC(=NO)C(C)=NNC(=O)Cc1cccc2ccccc12. The monoisotopic (exact) mass is 283 g/mol. The van der Waals surface area contributed by atoms with Crippen LogP contribution in [-0.4, -0.2) is 22.5 Å². The van der Waals surface area contributed by atoms with E-state index in [1.165, 1.54) is 0 Å². The van der Waals surface area contributed by atoms with Crippen molar-refractivity contribution in [3.05, 3.63) is 48.0 Å². The third kappa shape index (κ3) is 3.66. The largest absolute Gasteiger partial charge is 0.411 e. The van der Waals surface area contributed by atoms with E-state index in [0.717, 1.165) is 16.3 Å². The number of fused-ring (bicyclic) bond motifs is 1. The summed E-state index contributed by atoms with van der Waals surface area (Å²) in [6, 6.07) is 13.8. The maximum atomic E-state index is 12.0. The molecule has 0 spiro atoms. The van der Waals surface area contributed by atoms with Crippen LogP contribution < -0.4 is 5.43 Å². The van der Waals surface area contributed by atoms with E-state index in [0.29, 0.717) is 11.4 Å². The topological polar surface area (TPSA) is 74.1 Å². The van der Waals surface area contributed by atoms with E-state index in [-0.39, 0.29) is 12.3 Å². The van der Waals surface area contributed by atoms with E-state index in [9.17, 15) is 4.79 Å². The molecule has 0 aromatic heterocycles. The summed E-state index contributed by atoms with van der Waals surface area (Å²) in [6.45, 7) is 3.27. The van der Waals surface area contributed by atoms with Gasteiger partial charge in [0, 0.05) is 0 Å². The minimum Gasteiger partial charge on any atom is -0.411 e. The van der Waals surface area contributed by atoms with Crippen LogP contribution in [0.3, 0.4) is 0 Å². The van der Waals surface area contributed by atoms with E-state index < -0.39 is 0 Å². The summed E-state index contributed by atoms with van der Waals surface area (Å²) in [5, 5.41) is 17.7. The predicted octanol–water partition coefficient (Wildman–Crippen LogP) is 2.72. The van der Waals surface area contributed by atoms with Crippen LogP contribution in [0.15, 0.2) is 52.7 Å². The summed E-state index contributed by atoms with van der Waals surface area (Å²) in [7, 11) is 0. The second-order valence-electron chi connectivity index (χ2n) is 4.73. The van der Waals surface area contributed by atoms with E-state index in [1.54, 1.807) is 13.8 Å². The van der Waals surface area contributed by atoms with Crippen LogP contribution >= 0.6 is 0 Å². The van der Waals surface area contributed by atoms with Crippen LogP contribution in [0.1, 0.15) is 19.4 Å². The molecule has 0 aliphatic carbocycles. The van der Waals surface area contributed by atoms with Crippen molar-refractivity contribution in [2.24, 2.45) is 10.3 Å². The number of oxime groups is 1. The molecule has 0 unspecified atom stereocenters. The number of hydrogen-bond acceptors (Lipinski definition) is 4. The second kappa shape index (κ2) is 6.65. The van der Waals surface area contributed by atoms with Gasteiger partial charge in [-0.15, -0.1) is 0 Å². The van der Waals surface area contributed by atoms with Crippen molar-refractivity contribution in [2.75, 3.05) is 0 Å². The molecule has 0 saturated heterocycles. The highest BCUT2D eigenvalue weighted by atomic mass is 16.4. The minimum atomic E-state index is -0.212. The number of amides is 1. The van der Waals surface area contributed by atoms with Gasteiger partial charge >= 0.3 is 0 Å². The van der Waals surface area contributed by atoms with Gasteiger partial charge in [-0.1, -0.05) is 47.6 Å². The van der Waals surface area contributed by atoms with Gasteiger partial charge in [-0.05, 0) is 30.2 Å². The predicted molar refractivity (Wildman–Crippen MR) is 83.8 cm³/mol. The summed E-state index contributed by atoms with van der Waals surface area (Å²) in [4.78, 5) is 12.0. The Morgan fingerprint density at radius 3 is 2.57 bits per heavy atom. The number of nitrogens with zero attached hydrogens (tertiary/aromatic N) is 2. The molecule has 0 fully saturated rings. The zero-order chi connectivity index (χ0) is 15.2. The van der Waals surface area contributed by atoms with Gasteiger partial charge in [0.05, 0.1) is 17.8 Å². The molecule has 2 rings (SSSR count). The normalized spacial score (nSPS) is 12.5. The minimum absolute atomic E-state index is 0.212. The first-order chi connectivity index (χ1) is 10.1. The first-order valence-electron chi connectivity index (χ1n) is 6.60. The van der Waals surface area contributed by atoms with Crippen LogP contribution in [0.5, 0.6) is 0 Å².